The predicted molar refractivity (Wildman–Crippen MR) is 77.7 cm³/mol. The van der Waals surface area contributed by atoms with Gasteiger partial charge in [-0.3, -0.25) is 14.2 Å². The van der Waals surface area contributed by atoms with Crippen LogP contribution in [0, 0.1) is 6.92 Å². The third-order valence-electron chi connectivity index (χ3n) is 2.95. The molecule has 0 aliphatic heterocycles. The lowest BCUT2D eigenvalue weighted by molar-refractivity contribution is -0.116. The van der Waals surface area contributed by atoms with E-state index in [1.165, 1.54) is 17.0 Å². The third kappa shape index (κ3) is 3.54. The summed E-state index contributed by atoms with van der Waals surface area (Å²) in [7, 11) is 0. The van der Waals surface area contributed by atoms with Gasteiger partial charge in [0.1, 0.15) is 6.54 Å². The number of carbonyl (C=O) groups is 1. The van der Waals surface area contributed by atoms with Gasteiger partial charge >= 0.3 is 0 Å². The molecule has 20 heavy (non-hydrogen) atoms. The predicted octanol–water partition coefficient (Wildman–Crippen LogP) is 1.75. The Morgan fingerprint density at radius 1 is 1.30 bits per heavy atom. The average molecular weight is 271 g/mol. The zero-order chi connectivity index (χ0) is 14.5. The van der Waals surface area contributed by atoms with Gasteiger partial charge in [0, 0.05) is 17.4 Å². The van der Waals surface area contributed by atoms with Gasteiger partial charge in [0.25, 0.3) is 5.56 Å². The van der Waals surface area contributed by atoms with Gasteiger partial charge in [-0.25, -0.2) is 4.98 Å². The van der Waals surface area contributed by atoms with Crippen molar-refractivity contribution in [3.63, 3.8) is 0 Å². The van der Waals surface area contributed by atoms with Crippen molar-refractivity contribution >= 4 is 11.6 Å². The molecule has 1 heterocycles. The minimum atomic E-state index is -0.248. The van der Waals surface area contributed by atoms with Gasteiger partial charge < -0.3 is 5.32 Å². The number of anilines is 1. The molecule has 5 heteroatoms. The summed E-state index contributed by atoms with van der Waals surface area (Å²) in [5.74, 6) is -0.248. The highest BCUT2D eigenvalue weighted by Gasteiger charge is 2.06. The molecule has 0 bridgehead atoms. The average Bonchev–Trinajstić information content (AvgIpc) is 2.43. The molecule has 104 valence electrons. The van der Waals surface area contributed by atoms with Gasteiger partial charge in [0.05, 0.1) is 6.33 Å². The quantitative estimate of drug-likeness (QED) is 0.921. The van der Waals surface area contributed by atoms with Crippen molar-refractivity contribution in [2.45, 2.75) is 26.8 Å². The maximum Gasteiger partial charge on any atom is 0.253 e. The highest BCUT2D eigenvalue weighted by Crippen LogP contribution is 2.08. The molecule has 2 aromatic rings. The molecule has 0 unspecified atom stereocenters. The van der Waals surface area contributed by atoms with Crippen molar-refractivity contribution in [1.82, 2.24) is 9.55 Å². The number of aryl methyl sites for hydroxylation is 2. The Kier molecular flexibility index (Phi) is 4.30. The van der Waals surface area contributed by atoms with Gasteiger partial charge in [-0.15, -0.1) is 0 Å². The van der Waals surface area contributed by atoms with Crippen LogP contribution in [0.25, 0.3) is 0 Å². The number of aromatic nitrogens is 2. The molecule has 1 amide bonds. The molecule has 1 aromatic carbocycles. The SMILES string of the molecule is CCc1cc(=O)n(CC(=O)Nc2ccc(C)cc2)cn1. The molecule has 0 atom stereocenters. The van der Waals surface area contributed by atoms with E-state index in [1.54, 1.807) is 0 Å². The van der Waals surface area contributed by atoms with Crippen LogP contribution in [0.1, 0.15) is 18.2 Å². The molecule has 0 fully saturated rings. The number of rotatable bonds is 4. The van der Waals surface area contributed by atoms with E-state index in [1.807, 2.05) is 38.1 Å². The van der Waals surface area contributed by atoms with Gasteiger partial charge in [-0.1, -0.05) is 24.6 Å². The molecule has 1 aromatic heterocycles. The van der Waals surface area contributed by atoms with E-state index < -0.39 is 0 Å². The first-order chi connectivity index (χ1) is 9.58. The van der Waals surface area contributed by atoms with Gasteiger partial charge in [0.2, 0.25) is 5.91 Å². The lowest BCUT2D eigenvalue weighted by Gasteiger charge is -2.07. The van der Waals surface area contributed by atoms with Crippen LogP contribution in [0.2, 0.25) is 0 Å². The Hall–Kier alpha value is -2.43. The first-order valence-corrected chi connectivity index (χ1v) is 6.50. The Bertz CT molecular complexity index is 660. The van der Waals surface area contributed by atoms with Crippen LogP contribution >= 0.6 is 0 Å². The summed E-state index contributed by atoms with van der Waals surface area (Å²) in [5.41, 5.74) is 2.35. The van der Waals surface area contributed by atoms with Crippen molar-refractivity contribution in [2.24, 2.45) is 0 Å². The van der Waals surface area contributed by atoms with Crippen LogP contribution in [-0.2, 0) is 17.8 Å². The summed E-state index contributed by atoms with van der Waals surface area (Å²) in [5, 5.41) is 2.75. The van der Waals surface area contributed by atoms with Crippen LogP contribution in [-0.4, -0.2) is 15.5 Å². The molecular weight excluding hydrogens is 254 g/mol. The fourth-order valence-corrected chi connectivity index (χ4v) is 1.77. The second-order valence-electron chi connectivity index (χ2n) is 4.61. The minimum absolute atomic E-state index is 0.0380. The summed E-state index contributed by atoms with van der Waals surface area (Å²) in [6, 6.07) is 8.95. The van der Waals surface area contributed by atoms with Gasteiger partial charge in [0.15, 0.2) is 0 Å². The van der Waals surface area contributed by atoms with E-state index in [2.05, 4.69) is 10.3 Å². The summed E-state index contributed by atoms with van der Waals surface area (Å²) >= 11 is 0. The topological polar surface area (TPSA) is 64.0 Å². The number of carbonyl (C=O) groups excluding carboxylic acids is 1. The maximum absolute atomic E-state index is 11.9. The molecule has 2 rings (SSSR count). The Morgan fingerprint density at radius 2 is 2.00 bits per heavy atom. The molecule has 0 aliphatic rings. The van der Waals surface area contributed by atoms with E-state index in [-0.39, 0.29) is 18.0 Å². The zero-order valence-electron chi connectivity index (χ0n) is 11.6. The molecular formula is C15H17N3O2. The Morgan fingerprint density at radius 3 is 2.60 bits per heavy atom. The molecule has 0 aliphatic carbocycles. The lowest BCUT2D eigenvalue weighted by atomic mass is 10.2. The van der Waals surface area contributed by atoms with Crippen LogP contribution in [0.4, 0.5) is 5.69 Å². The number of hydrogen-bond donors (Lipinski definition) is 1. The number of hydrogen-bond acceptors (Lipinski definition) is 3. The van der Waals surface area contributed by atoms with E-state index >= 15 is 0 Å². The lowest BCUT2D eigenvalue weighted by Crippen LogP contribution is -2.27. The van der Waals surface area contributed by atoms with Crippen molar-refractivity contribution in [3.05, 3.63) is 58.3 Å². The Labute approximate surface area is 117 Å². The third-order valence-corrected chi connectivity index (χ3v) is 2.95. The number of benzene rings is 1. The number of nitrogens with one attached hydrogen (secondary N) is 1. The minimum Gasteiger partial charge on any atom is -0.325 e. The first kappa shape index (κ1) is 14.0. The van der Waals surface area contributed by atoms with Crippen molar-refractivity contribution in [1.29, 1.82) is 0 Å². The van der Waals surface area contributed by atoms with Gasteiger partial charge in [-0.05, 0) is 25.5 Å². The van der Waals surface area contributed by atoms with E-state index in [9.17, 15) is 9.59 Å². The molecule has 0 radical (unpaired) electrons. The molecule has 0 saturated heterocycles. The van der Waals surface area contributed by atoms with Crippen molar-refractivity contribution in [3.8, 4) is 0 Å². The molecule has 0 saturated carbocycles. The fourth-order valence-electron chi connectivity index (χ4n) is 1.77. The van der Waals surface area contributed by atoms with Gasteiger partial charge in [-0.2, -0.15) is 0 Å². The second-order valence-corrected chi connectivity index (χ2v) is 4.61. The van der Waals surface area contributed by atoms with Crippen LogP contribution < -0.4 is 10.9 Å². The smallest absolute Gasteiger partial charge is 0.253 e. The summed E-state index contributed by atoms with van der Waals surface area (Å²) in [6.45, 7) is 3.87. The van der Waals surface area contributed by atoms with Crippen LogP contribution in [0.15, 0.2) is 41.5 Å². The fraction of sp³-hybridized carbons (Fsp3) is 0.267. The highest BCUT2D eigenvalue weighted by atomic mass is 16.2. The zero-order valence-corrected chi connectivity index (χ0v) is 11.6. The Balaban J connectivity index is 2.04. The summed E-state index contributed by atoms with van der Waals surface area (Å²) < 4.78 is 1.29. The number of nitrogens with zero attached hydrogens (tertiary/aromatic N) is 2. The monoisotopic (exact) mass is 271 g/mol. The molecule has 5 nitrogen and oxygen atoms in total. The van der Waals surface area contributed by atoms with E-state index in [4.69, 9.17) is 0 Å². The summed E-state index contributed by atoms with van der Waals surface area (Å²) in [6.07, 6.45) is 2.11. The standard InChI is InChI=1S/C15H17N3O2/c1-3-12-8-15(20)18(10-16-12)9-14(19)17-13-6-4-11(2)5-7-13/h4-8,10H,3,9H2,1-2H3,(H,17,19). The van der Waals surface area contributed by atoms with Crippen molar-refractivity contribution in [2.75, 3.05) is 5.32 Å². The molecule has 0 spiro atoms. The van der Waals surface area contributed by atoms with Crippen molar-refractivity contribution < 1.29 is 4.79 Å². The maximum atomic E-state index is 11.9. The molecule has 1 N–H and O–H groups in total. The van der Waals surface area contributed by atoms with Crippen LogP contribution in [0.5, 0.6) is 0 Å². The largest absolute Gasteiger partial charge is 0.325 e. The second kappa shape index (κ2) is 6.14. The number of amides is 1. The van der Waals surface area contributed by atoms with E-state index in [0.29, 0.717) is 12.1 Å². The summed E-state index contributed by atoms with van der Waals surface area (Å²) in [4.78, 5) is 27.8. The van der Waals surface area contributed by atoms with E-state index in [0.717, 1.165) is 11.3 Å². The highest BCUT2D eigenvalue weighted by molar-refractivity contribution is 5.90. The van der Waals surface area contributed by atoms with Crippen LogP contribution in [0.3, 0.4) is 0 Å². The first-order valence-electron chi connectivity index (χ1n) is 6.50. The normalized spacial score (nSPS) is 10.3.